The number of furan rings is 1. The highest BCUT2D eigenvalue weighted by atomic mass is 16.4. The highest BCUT2D eigenvalue weighted by molar-refractivity contribution is 5.02. The monoisotopic (exact) mass is 209 g/mol. The molecule has 2 rings (SSSR count). The van der Waals surface area contributed by atoms with Crippen LogP contribution in [0, 0.1) is 5.92 Å². The molecular formula is C12H19NO2. The van der Waals surface area contributed by atoms with Gasteiger partial charge in [0, 0.05) is 6.54 Å². The number of hydrogen-bond donors (Lipinski definition) is 2. The highest BCUT2D eigenvalue weighted by Crippen LogP contribution is 2.23. The second kappa shape index (κ2) is 5.33. The minimum atomic E-state index is -0.513. The summed E-state index contributed by atoms with van der Waals surface area (Å²) in [5.41, 5.74) is 0. The minimum Gasteiger partial charge on any atom is -0.467 e. The molecule has 0 bridgehead atoms. The van der Waals surface area contributed by atoms with Crippen LogP contribution in [0.3, 0.4) is 0 Å². The summed E-state index contributed by atoms with van der Waals surface area (Å²) >= 11 is 0. The van der Waals surface area contributed by atoms with E-state index in [-0.39, 0.29) is 0 Å². The fourth-order valence-electron chi connectivity index (χ4n) is 2.22. The Morgan fingerprint density at radius 3 is 2.93 bits per heavy atom. The number of nitrogens with one attached hydrogen (secondary N) is 1. The zero-order chi connectivity index (χ0) is 10.5. The van der Waals surface area contributed by atoms with Gasteiger partial charge in [-0.1, -0.05) is 12.8 Å². The fraction of sp³-hybridized carbons (Fsp3) is 0.667. The summed E-state index contributed by atoms with van der Waals surface area (Å²) in [6, 6.07) is 3.61. The first-order valence-electron chi connectivity index (χ1n) is 5.78. The molecule has 1 fully saturated rings. The summed E-state index contributed by atoms with van der Waals surface area (Å²) in [5, 5.41) is 13.0. The molecule has 15 heavy (non-hydrogen) atoms. The molecule has 1 unspecified atom stereocenters. The van der Waals surface area contributed by atoms with Crippen molar-refractivity contribution in [1.29, 1.82) is 0 Å². The van der Waals surface area contributed by atoms with Crippen LogP contribution in [0.1, 0.15) is 37.5 Å². The Bertz CT molecular complexity index is 265. The van der Waals surface area contributed by atoms with Crippen LogP contribution in [0.4, 0.5) is 0 Å². The van der Waals surface area contributed by atoms with Crippen molar-refractivity contribution in [1.82, 2.24) is 5.32 Å². The minimum absolute atomic E-state index is 0.513. The Labute approximate surface area is 90.5 Å². The first-order valence-corrected chi connectivity index (χ1v) is 5.78. The molecule has 1 aliphatic carbocycles. The van der Waals surface area contributed by atoms with E-state index in [0.717, 1.165) is 12.5 Å². The van der Waals surface area contributed by atoms with Crippen molar-refractivity contribution in [2.45, 2.75) is 31.8 Å². The lowest BCUT2D eigenvalue weighted by Gasteiger charge is -2.12. The largest absolute Gasteiger partial charge is 0.467 e. The van der Waals surface area contributed by atoms with Gasteiger partial charge in [-0.25, -0.2) is 0 Å². The van der Waals surface area contributed by atoms with Crippen LogP contribution in [0.25, 0.3) is 0 Å². The Balaban J connectivity index is 1.65. The predicted octanol–water partition coefficient (Wildman–Crippen LogP) is 2.09. The predicted molar refractivity (Wildman–Crippen MR) is 58.5 cm³/mol. The Kier molecular flexibility index (Phi) is 3.80. The van der Waals surface area contributed by atoms with Gasteiger partial charge in [-0.15, -0.1) is 0 Å². The molecule has 0 aromatic carbocycles. The quantitative estimate of drug-likeness (QED) is 0.780. The molecule has 0 radical (unpaired) electrons. The normalized spacial score (nSPS) is 19.5. The van der Waals surface area contributed by atoms with E-state index in [1.54, 1.807) is 12.3 Å². The average Bonchev–Trinajstić information content (AvgIpc) is 2.90. The first kappa shape index (κ1) is 10.7. The second-order valence-corrected chi connectivity index (χ2v) is 4.34. The summed E-state index contributed by atoms with van der Waals surface area (Å²) in [4.78, 5) is 0. The average molecular weight is 209 g/mol. The molecule has 1 aromatic heterocycles. The lowest BCUT2D eigenvalue weighted by molar-refractivity contribution is 0.146. The van der Waals surface area contributed by atoms with Crippen LogP contribution in [0.5, 0.6) is 0 Å². The summed E-state index contributed by atoms with van der Waals surface area (Å²) in [6.07, 6.45) is 6.49. The van der Waals surface area contributed by atoms with Crippen LogP contribution in [0.15, 0.2) is 22.8 Å². The molecule has 3 heteroatoms. The molecule has 1 atom stereocenters. The van der Waals surface area contributed by atoms with Gasteiger partial charge in [0.05, 0.1) is 6.26 Å². The third-order valence-corrected chi connectivity index (χ3v) is 3.12. The Hall–Kier alpha value is -0.800. The molecule has 1 aromatic rings. The number of hydrogen-bond acceptors (Lipinski definition) is 3. The third kappa shape index (κ3) is 3.08. The summed E-state index contributed by atoms with van der Waals surface area (Å²) in [6.45, 7) is 1.61. The SMILES string of the molecule is OC(CNCC1CCCC1)c1ccco1. The molecule has 1 heterocycles. The van der Waals surface area contributed by atoms with Gasteiger partial charge >= 0.3 is 0 Å². The van der Waals surface area contributed by atoms with Gasteiger partial charge in [0.15, 0.2) is 0 Å². The van der Waals surface area contributed by atoms with E-state index in [9.17, 15) is 5.11 Å². The standard InChI is InChI=1S/C12H19NO2/c14-11(12-6-3-7-15-12)9-13-8-10-4-1-2-5-10/h3,6-7,10-11,13-14H,1-2,4-5,8-9H2. The Morgan fingerprint density at radius 2 is 2.27 bits per heavy atom. The van der Waals surface area contributed by atoms with Crippen LogP contribution in [-0.2, 0) is 0 Å². The van der Waals surface area contributed by atoms with Gasteiger partial charge in [0.2, 0.25) is 0 Å². The van der Waals surface area contributed by atoms with Gasteiger partial charge in [-0.2, -0.15) is 0 Å². The van der Waals surface area contributed by atoms with Crippen molar-refractivity contribution < 1.29 is 9.52 Å². The summed E-state index contributed by atoms with van der Waals surface area (Å²) < 4.78 is 5.13. The zero-order valence-electron chi connectivity index (χ0n) is 8.98. The van der Waals surface area contributed by atoms with Gasteiger partial charge in [0.1, 0.15) is 11.9 Å². The van der Waals surface area contributed by atoms with Crippen molar-refractivity contribution in [3.8, 4) is 0 Å². The summed E-state index contributed by atoms with van der Waals surface area (Å²) in [5.74, 6) is 1.46. The van der Waals surface area contributed by atoms with E-state index >= 15 is 0 Å². The highest BCUT2D eigenvalue weighted by Gasteiger charge is 2.15. The maximum atomic E-state index is 9.73. The zero-order valence-corrected chi connectivity index (χ0v) is 8.98. The van der Waals surface area contributed by atoms with E-state index in [0.29, 0.717) is 12.3 Å². The molecule has 0 amide bonds. The topological polar surface area (TPSA) is 45.4 Å². The van der Waals surface area contributed by atoms with Gasteiger partial charge in [-0.05, 0) is 37.4 Å². The molecule has 2 N–H and O–H groups in total. The maximum Gasteiger partial charge on any atom is 0.133 e. The van der Waals surface area contributed by atoms with Crippen molar-refractivity contribution in [3.05, 3.63) is 24.2 Å². The van der Waals surface area contributed by atoms with E-state index in [2.05, 4.69) is 5.32 Å². The Morgan fingerprint density at radius 1 is 1.47 bits per heavy atom. The number of rotatable bonds is 5. The van der Waals surface area contributed by atoms with Crippen molar-refractivity contribution >= 4 is 0 Å². The first-order chi connectivity index (χ1) is 7.36. The molecular weight excluding hydrogens is 190 g/mol. The fourth-order valence-corrected chi connectivity index (χ4v) is 2.22. The third-order valence-electron chi connectivity index (χ3n) is 3.12. The van der Waals surface area contributed by atoms with E-state index in [1.807, 2.05) is 6.07 Å². The molecule has 3 nitrogen and oxygen atoms in total. The van der Waals surface area contributed by atoms with E-state index in [4.69, 9.17) is 4.42 Å². The van der Waals surface area contributed by atoms with Crippen molar-refractivity contribution in [2.75, 3.05) is 13.1 Å². The lowest BCUT2D eigenvalue weighted by atomic mass is 10.1. The van der Waals surface area contributed by atoms with Crippen LogP contribution in [-0.4, -0.2) is 18.2 Å². The van der Waals surface area contributed by atoms with Gasteiger partial charge in [0.25, 0.3) is 0 Å². The molecule has 0 aliphatic heterocycles. The van der Waals surface area contributed by atoms with E-state index < -0.39 is 6.10 Å². The van der Waals surface area contributed by atoms with Crippen LogP contribution >= 0.6 is 0 Å². The van der Waals surface area contributed by atoms with Gasteiger partial charge in [-0.3, -0.25) is 0 Å². The van der Waals surface area contributed by atoms with Crippen molar-refractivity contribution in [3.63, 3.8) is 0 Å². The second-order valence-electron chi connectivity index (χ2n) is 4.34. The van der Waals surface area contributed by atoms with Gasteiger partial charge < -0.3 is 14.8 Å². The molecule has 84 valence electrons. The number of aliphatic hydroxyl groups excluding tert-OH is 1. The smallest absolute Gasteiger partial charge is 0.133 e. The van der Waals surface area contributed by atoms with Crippen molar-refractivity contribution in [2.24, 2.45) is 5.92 Å². The van der Waals surface area contributed by atoms with Crippen LogP contribution < -0.4 is 5.32 Å². The summed E-state index contributed by atoms with van der Waals surface area (Å²) in [7, 11) is 0. The maximum absolute atomic E-state index is 9.73. The molecule has 0 spiro atoms. The lowest BCUT2D eigenvalue weighted by Crippen LogP contribution is -2.26. The number of aliphatic hydroxyl groups is 1. The molecule has 1 saturated carbocycles. The van der Waals surface area contributed by atoms with Crippen LogP contribution in [0.2, 0.25) is 0 Å². The molecule has 1 aliphatic rings. The molecule has 0 saturated heterocycles. The van der Waals surface area contributed by atoms with E-state index in [1.165, 1.54) is 25.7 Å².